The Morgan fingerprint density at radius 1 is 0.556 bits per heavy atom. The quantitative estimate of drug-likeness (QED) is 0.176. The van der Waals surface area contributed by atoms with E-state index in [0.717, 1.165) is 37.9 Å². The van der Waals surface area contributed by atoms with E-state index >= 15 is 0 Å². The second-order valence-corrected chi connectivity index (χ2v) is 22.5. The van der Waals surface area contributed by atoms with Crippen LogP contribution in [0.5, 0.6) is 0 Å². The summed E-state index contributed by atoms with van der Waals surface area (Å²) >= 11 is 0. The third kappa shape index (κ3) is 7.33. The zero-order chi connectivity index (χ0) is 38.8. The molecule has 7 rings (SSSR count). The first kappa shape index (κ1) is 38.5. The zero-order valence-corrected chi connectivity index (χ0v) is 36.1. The standard InChI is InChI=1S/C51H63N2P/c1-47(2,3)36-27-37(48(4,5)6)30-41(29-36)54(42-31-38(49(7,8)9)28-39(32-42)50(10,11)12)44-21-16-18-35-23-25-51(46(35)44)24-22-34-17-15-20-43(45(34)51)53-33-40-19-13-14-26-52-40/h13-21,26-32,53H,22-25,33H2,1-12H3. The van der Waals surface area contributed by atoms with Crippen molar-refractivity contribution >= 4 is 29.5 Å². The predicted molar refractivity (Wildman–Crippen MR) is 235 cm³/mol. The number of fused-ring (bicyclic) bond motifs is 4. The molecule has 1 spiro atoms. The lowest BCUT2D eigenvalue weighted by Gasteiger charge is -2.35. The van der Waals surface area contributed by atoms with E-state index < -0.39 is 7.92 Å². The Hall–Kier alpha value is -3.74. The summed E-state index contributed by atoms with van der Waals surface area (Å²) in [5.74, 6) is 0. The van der Waals surface area contributed by atoms with Gasteiger partial charge in [0.25, 0.3) is 0 Å². The lowest BCUT2D eigenvalue weighted by molar-refractivity contribution is 0.510. The molecule has 0 saturated heterocycles. The van der Waals surface area contributed by atoms with Crippen LogP contribution in [0.2, 0.25) is 0 Å². The van der Waals surface area contributed by atoms with Gasteiger partial charge in [0.2, 0.25) is 0 Å². The number of aryl methyl sites for hydroxylation is 2. The number of rotatable bonds is 6. The molecule has 282 valence electrons. The summed E-state index contributed by atoms with van der Waals surface area (Å²) < 4.78 is 0. The molecule has 0 radical (unpaired) electrons. The van der Waals surface area contributed by atoms with E-state index in [4.69, 9.17) is 0 Å². The Balaban J connectivity index is 1.51. The van der Waals surface area contributed by atoms with Gasteiger partial charge in [-0.15, -0.1) is 0 Å². The van der Waals surface area contributed by atoms with Crippen LogP contribution in [0.15, 0.2) is 97.2 Å². The normalized spacial score (nSPS) is 17.3. The highest BCUT2D eigenvalue weighted by Crippen LogP contribution is 2.56. The van der Waals surface area contributed by atoms with E-state index in [9.17, 15) is 0 Å². The molecule has 0 aliphatic heterocycles. The van der Waals surface area contributed by atoms with Crippen molar-refractivity contribution < 1.29 is 0 Å². The molecule has 2 aliphatic rings. The first-order valence-electron chi connectivity index (χ1n) is 20.3. The number of nitrogens with one attached hydrogen (secondary N) is 1. The fourth-order valence-corrected chi connectivity index (χ4v) is 11.6. The Morgan fingerprint density at radius 3 is 1.50 bits per heavy atom. The molecule has 2 nitrogen and oxygen atoms in total. The zero-order valence-electron chi connectivity index (χ0n) is 35.2. The van der Waals surface area contributed by atoms with Gasteiger partial charge in [-0.05, 0) is 134 Å². The van der Waals surface area contributed by atoms with Crippen molar-refractivity contribution in [2.45, 2.75) is 142 Å². The Kier molecular flexibility index (Phi) is 9.83. The minimum absolute atomic E-state index is 0.0271. The van der Waals surface area contributed by atoms with Crippen LogP contribution in [0, 0.1) is 0 Å². The molecular formula is C51H63N2P. The number of aromatic nitrogens is 1. The molecule has 1 aromatic heterocycles. The number of nitrogens with zero attached hydrogens (tertiary/aromatic N) is 1. The van der Waals surface area contributed by atoms with E-state index in [1.165, 1.54) is 49.7 Å². The van der Waals surface area contributed by atoms with Crippen molar-refractivity contribution in [3.63, 3.8) is 0 Å². The molecule has 4 aromatic carbocycles. The first-order chi connectivity index (χ1) is 25.3. The molecule has 2 aliphatic carbocycles. The molecule has 1 N–H and O–H groups in total. The van der Waals surface area contributed by atoms with Crippen molar-refractivity contribution in [1.82, 2.24) is 4.98 Å². The summed E-state index contributed by atoms with van der Waals surface area (Å²) in [7, 11) is -0.918. The number of hydrogen-bond donors (Lipinski definition) is 1. The predicted octanol–water partition coefficient (Wildman–Crippen LogP) is 11.8. The summed E-state index contributed by atoms with van der Waals surface area (Å²) in [6, 6.07) is 35.9. The van der Waals surface area contributed by atoms with Gasteiger partial charge in [0, 0.05) is 17.3 Å². The number of pyridine rings is 1. The highest BCUT2D eigenvalue weighted by molar-refractivity contribution is 7.80. The maximum Gasteiger partial charge on any atom is 0.0594 e. The van der Waals surface area contributed by atoms with Crippen molar-refractivity contribution in [1.29, 1.82) is 0 Å². The fraction of sp³-hybridized carbons (Fsp3) is 0.431. The maximum absolute atomic E-state index is 4.65. The smallest absolute Gasteiger partial charge is 0.0594 e. The molecule has 3 heteroatoms. The van der Waals surface area contributed by atoms with Crippen molar-refractivity contribution in [3.05, 3.63) is 147 Å². The van der Waals surface area contributed by atoms with Crippen LogP contribution in [0.1, 0.15) is 146 Å². The number of anilines is 1. The molecule has 1 heterocycles. The summed E-state index contributed by atoms with van der Waals surface area (Å²) in [4.78, 5) is 4.65. The minimum Gasteiger partial charge on any atom is -0.379 e. The number of benzene rings is 4. The van der Waals surface area contributed by atoms with Gasteiger partial charge < -0.3 is 5.32 Å². The van der Waals surface area contributed by atoms with Crippen LogP contribution in [0.25, 0.3) is 0 Å². The molecule has 0 saturated carbocycles. The van der Waals surface area contributed by atoms with Gasteiger partial charge in [-0.1, -0.05) is 156 Å². The van der Waals surface area contributed by atoms with Gasteiger partial charge in [-0.3, -0.25) is 4.98 Å². The average Bonchev–Trinajstić information content (AvgIpc) is 3.68. The third-order valence-corrected chi connectivity index (χ3v) is 14.5. The summed E-state index contributed by atoms with van der Waals surface area (Å²) in [5.41, 5.74) is 14.3. The maximum atomic E-state index is 4.65. The summed E-state index contributed by atoms with van der Waals surface area (Å²) in [6.07, 6.45) is 6.44. The van der Waals surface area contributed by atoms with Gasteiger partial charge >= 0.3 is 0 Å². The van der Waals surface area contributed by atoms with Crippen LogP contribution in [-0.4, -0.2) is 4.98 Å². The Morgan fingerprint density at radius 2 is 1.04 bits per heavy atom. The van der Waals surface area contributed by atoms with Crippen LogP contribution in [-0.2, 0) is 46.5 Å². The monoisotopic (exact) mass is 734 g/mol. The van der Waals surface area contributed by atoms with Gasteiger partial charge in [-0.2, -0.15) is 0 Å². The fourth-order valence-electron chi connectivity index (χ4n) is 8.83. The first-order valence-corrected chi connectivity index (χ1v) is 21.6. The highest BCUT2D eigenvalue weighted by Gasteiger charge is 2.48. The van der Waals surface area contributed by atoms with Crippen LogP contribution >= 0.6 is 7.92 Å². The SMILES string of the molecule is CC(C)(C)c1cc(P(c2cc(C(C)(C)C)cc(C(C)(C)C)c2)c2cccc3c2C2(CCc4cccc(NCc5ccccn5)c42)CC3)cc(C(C)(C)C)c1. The molecular weight excluding hydrogens is 672 g/mol. The van der Waals surface area contributed by atoms with Crippen LogP contribution in [0.4, 0.5) is 5.69 Å². The summed E-state index contributed by atoms with van der Waals surface area (Å²) in [5, 5.41) is 8.39. The topological polar surface area (TPSA) is 24.9 Å². The second kappa shape index (κ2) is 13.8. The van der Waals surface area contributed by atoms with E-state index in [1.54, 1.807) is 16.4 Å². The molecule has 1 unspecified atom stereocenters. The lowest BCUT2D eigenvalue weighted by Crippen LogP contribution is -2.33. The van der Waals surface area contributed by atoms with Gasteiger partial charge in [-0.25, -0.2) is 0 Å². The van der Waals surface area contributed by atoms with Gasteiger partial charge in [0.05, 0.1) is 12.2 Å². The van der Waals surface area contributed by atoms with E-state index in [1.807, 2.05) is 12.3 Å². The Labute approximate surface area is 328 Å². The van der Waals surface area contributed by atoms with E-state index in [0.29, 0.717) is 0 Å². The minimum atomic E-state index is -0.918. The van der Waals surface area contributed by atoms with Gasteiger partial charge in [0.15, 0.2) is 0 Å². The third-order valence-electron chi connectivity index (χ3n) is 12.1. The Bertz CT molecular complexity index is 2020. The van der Waals surface area contributed by atoms with Crippen molar-refractivity contribution in [2.75, 3.05) is 5.32 Å². The van der Waals surface area contributed by atoms with E-state index in [-0.39, 0.29) is 27.1 Å². The van der Waals surface area contributed by atoms with Gasteiger partial charge in [0.1, 0.15) is 0 Å². The molecule has 0 bridgehead atoms. The van der Waals surface area contributed by atoms with Crippen molar-refractivity contribution in [2.24, 2.45) is 0 Å². The second-order valence-electron chi connectivity index (χ2n) is 20.3. The summed E-state index contributed by atoms with van der Waals surface area (Å²) in [6.45, 7) is 29.3. The molecule has 0 fully saturated rings. The molecule has 54 heavy (non-hydrogen) atoms. The number of hydrogen-bond acceptors (Lipinski definition) is 2. The van der Waals surface area contributed by atoms with Crippen LogP contribution in [0.3, 0.4) is 0 Å². The van der Waals surface area contributed by atoms with E-state index in [2.05, 4.69) is 178 Å². The lowest BCUT2D eigenvalue weighted by atomic mass is 9.76. The highest BCUT2D eigenvalue weighted by atomic mass is 31.1. The van der Waals surface area contributed by atoms with Crippen LogP contribution < -0.4 is 21.2 Å². The van der Waals surface area contributed by atoms with Crippen molar-refractivity contribution in [3.8, 4) is 0 Å². The average molecular weight is 735 g/mol. The largest absolute Gasteiger partial charge is 0.379 e. The molecule has 5 aromatic rings. The molecule has 1 atom stereocenters. The molecule has 0 amide bonds.